The van der Waals surface area contributed by atoms with Crippen LogP contribution in [0.1, 0.15) is 5.56 Å². The lowest BCUT2D eigenvalue weighted by Gasteiger charge is -2.36. The summed E-state index contributed by atoms with van der Waals surface area (Å²) in [6.07, 6.45) is -13.2. The molecule has 0 aliphatic carbocycles. The van der Waals surface area contributed by atoms with E-state index in [4.69, 9.17) is 5.73 Å². The van der Waals surface area contributed by atoms with E-state index in [-0.39, 0.29) is 17.8 Å². The van der Waals surface area contributed by atoms with Gasteiger partial charge >= 0.3 is 23.9 Å². The zero-order chi connectivity index (χ0) is 16.0. The van der Waals surface area contributed by atoms with E-state index in [0.29, 0.717) is 12.1 Å². The molecule has 20 heavy (non-hydrogen) atoms. The molecule has 0 aromatic heterocycles. The Hall–Kier alpha value is -1.61. The number of hydrogen-bond acceptors (Lipinski definition) is 1. The average Bonchev–Trinajstić information content (AvgIpc) is 2.25. The maximum atomic E-state index is 13.8. The second-order valence-corrected chi connectivity index (χ2v) is 3.85. The van der Waals surface area contributed by atoms with Crippen molar-refractivity contribution in [3.63, 3.8) is 0 Å². The number of nitrogens with two attached hydrogens (primary N) is 1. The number of alkyl halides is 9. The molecule has 114 valence electrons. The number of benzene rings is 1. The van der Waals surface area contributed by atoms with Gasteiger partial charge in [-0.2, -0.15) is 35.1 Å². The molecule has 1 atom stereocenters. The highest BCUT2D eigenvalue weighted by Crippen LogP contribution is 2.58. The first kappa shape index (κ1) is 16.4. The maximum absolute atomic E-state index is 13.8. The maximum Gasteiger partial charge on any atom is 0.457 e. The van der Waals surface area contributed by atoms with Gasteiger partial charge in [0, 0.05) is 11.3 Å². The van der Waals surface area contributed by atoms with Crippen LogP contribution >= 0.6 is 0 Å². The van der Waals surface area contributed by atoms with Crippen molar-refractivity contribution >= 4 is 5.69 Å². The first-order chi connectivity index (χ1) is 8.75. The molecule has 0 saturated heterocycles. The van der Waals surface area contributed by atoms with Crippen LogP contribution in [0.25, 0.3) is 0 Å². The largest absolute Gasteiger partial charge is 0.457 e. The molecule has 0 aliphatic rings. The molecule has 10 heteroatoms. The van der Waals surface area contributed by atoms with Gasteiger partial charge in [-0.1, -0.05) is 12.1 Å². The molecule has 0 spiro atoms. The van der Waals surface area contributed by atoms with Gasteiger partial charge in [-0.05, 0) is 12.1 Å². The summed E-state index contributed by atoms with van der Waals surface area (Å²) in [5.41, 5.74) is -2.97. The monoisotopic (exact) mass is 311 g/mol. The van der Waals surface area contributed by atoms with E-state index in [2.05, 4.69) is 0 Å². The van der Waals surface area contributed by atoms with E-state index in [1.54, 1.807) is 0 Å². The molecule has 0 amide bonds. The lowest BCUT2D eigenvalue weighted by molar-refractivity contribution is -0.389. The third-order valence-electron chi connectivity index (χ3n) is 2.49. The van der Waals surface area contributed by atoms with Crippen molar-refractivity contribution in [3.05, 3.63) is 29.8 Å². The van der Waals surface area contributed by atoms with Crippen molar-refractivity contribution in [1.29, 1.82) is 0 Å². The standard InChI is InChI=1S/C10H6F9N/c11-7(9(14,15)16,8(12,13)10(17,18)19)5-1-3-6(20)4-2-5/h1-4H,20H2/t7-/m0/s1. The van der Waals surface area contributed by atoms with Crippen LogP contribution in [-0.2, 0) is 5.67 Å². The molecule has 1 nitrogen and oxygen atoms in total. The van der Waals surface area contributed by atoms with E-state index < -0.39 is 29.5 Å². The SMILES string of the molecule is Nc1ccc([C@@](F)(C(F)(F)F)C(F)(F)C(F)(F)F)cc1. The van der Waals surface area contributed by atoms with E-state index in [0.717, 1.165) is 0 Å². The Kier molecular flexibility index (Phi) is 3.66. The highest BCUT2D eigenvalue weighted by atomic mass is 19.4. The Morgan fingerprint density at radius 3 is 1.35 bits per heavy atom. The highest BCUT2D eigenvalue weighted by molar-refractivity contribution is 5.42. The fourth-order valence-corrected chi connectivity index (χ4v) is 1.43. The van der Waals surface area contributed by atoms with E-state index in [9.17, 15) is 39.5 Å². The van der Waals surface area contributed by atoms with Gasteiger partial charge < -0.3 is 5.73 Å². The molecule has 0 radical (unpaired) electrons. The summed E-state index contributed by atoms with van der Waals surface area (Å²) >= 11 is 0. The van der Waals surface area contributed by atoms with Gasteiger partial charge in [0.25, 0.3) is 0 Å². The van der Waals surface area contributed by atoms with Crippen LogP contribution in [0.3, 0.4) is 0 Å². The Labute approximate surface area is 106 Å². The average molecular weight is 311 g/mol. The minimum atomic E-state index is -6.72. The molecule has 0 saturated carbocycles. The van der Waals surface area contributed by atoms with Crippen molar-refractivity contribution in [3.8, 4) is 0 Å². The first-order valence-corrected chi connectivity index (χ1v) is 4.81. The molecule has 0 heterocycles. The summed E-state index contributed by atoms with van der Waals surface area (Å²) < 4.78 is 114. The molecule has 0 unspecified atom stereocenters. The van der Waals surface area contributed by atoms with Crippen molar-refractivity contribution in [2.24, 2.45) is 0 Å². The molecule has 1 rings (SSSR count). The van der Waals surface area contributed by atoms with E-state index >= 15 is 0 Å². The van der Waals surface area contributed by atoms with Crippen LogP contribution in [0.15, 0.2) is 24.3 Å². The minimum Gasteiger partial charge on any atom is -0.399 e. The predicted octanol–water partition coefficient (Wildman–Crippen LogP) is 4.19. The predicted molar refractivity (Wildman–Crippen MR) is 50.7 cm³/mol. The number of hydrogen-bond donors (Lipinski definition) is 1. The quantitative estimate of drug-likeness (QED) is 0.643. The number of nitrogen functional groups attached to an aromatic ring is 1. The Balaban J connectivity index is 3.58. The minimum absolute atomic E-state index is 0.127. The Bertz CT molecular complexity index is 473. The van der Waals surface area contributed by atoms with Crippen LogP contribution in [0.2, 0.25) is 0 Å². The number of halogens is 9. The number of anilines is 1. The topological polar surface area (TPSA) is 26.0 Å². The van der Waals surface area contributed by atoms with Gasteiger partial charge in [0.2, 0.25) is 0 Å². The van der Waals surface area contributed by atoms with Gasteiger partial charge in [-0.3, -0.25) is 0 Å². The Morgan fingerprint density at radius 2 is 1.05 bits per heavy atom. The summed E-state index contributed by atoms with van der Waals surface area (Å²) in [6, 6.07) is 1.43. The van der Waals surface area contributed by atoms with Gasteiger partial charge in [0.05, 0.1) is 0 Å². The first-order valence-electron chi connectivity index (χ1n) is 4.81. The molecule has 2 N–H and O–H groups in total. The summed E-state index contributed by atoms with van der Waals surface area (Å²) in [5, 5.41) is 0. The Morgan fingerprint density at radius 1 is 0.650 bits per heavy atom. The molecule has 1 aromatic carbocycles. The number of rotatable bonds is 2. The van der Waals surface area contributed by atoms with Crippen LogP contribution in [0.5, 0.6) is 0 Å². The van der Waals surface area contributed by atoms with Gasteiger partial charge in [-0.15, -0.1) is 0 Å². The van der Waals surface area contributed by atoms with Crippen LogP contribution < -0.4 is 5.73 Å². The second kappa shape index (κ2) is 4.45. The van der Waals surface area contributed by atoms with E-state index in [1.165, 1.54) is 0 Å². The molecule has 0 fully saturated rings. The lowest BCUT2D eigenvalue weighted by Crippen LogP contribution is -2.59. The molecule has 0 aliphatic heterocycles. The van der Waals surface area contributed by atoms with E-state index in [1.807, 2.05) is 0 Å². The van der Waals surface area contributed by atoms with Crippen LogP contribution in [0, 0.1) is 0 Å². The summed E-state index contributed by atoms with van der Waals surface area (Å²) in [6.45, 7) is 0. The molecular weight excluding hydrogens is 305 g/mol. The van der Waals surface area contributed by atoms with Crippen molar-refractivity contribution < 1.29 is 39.5 Å². The fraction of sp³-hybridized carbons (Fsp3) is 0.400. The highest BCUT2D eigenvalue weighted by Gasteiger charge is 2.81. The lowest BCUT2D eigenvalue weighted by atomic mass is 9.87. The molecular formula is C10H6F9N. The molecule has 0 bridgehead atoms. The van der Waals surface area contributed by atoms with Gasteiger partial charge in [-0.25, -0.2) is 4.39 Å². The van der Waals surface area contributed by atoms with Gasteiger partial charge in [0.1, 0.15) is 0 Å². The fourth-order valence-electron chi connectivity index (χ4n) is 1.43. The van der Waals surface area contributed by atoms with Crippen LogP contribution in [-0.4, -0.2) is 18.3 Å². The summed E-state index contributed by atoms with van der Waals surface area (Å²) in [7, 11) is 0. The molecule has 1 aromatic rings. The zero-order valence-corrected chi connectivity index (χ0v) is 9.29. The van der Waals surface area contributed by atoms with Crippen molar-refractivity contribution in [1.82, 2.24) is 0 Å². The third-order valence-corrected chi connectivity index (χ3v) is 2.49. The summed E-state index contributed by atoms with van der Waals surface area (Å²) in [5.74, 6) is -6.66. The van der Waals surface area contributed by atoms with Crippen molar-refractivity contribution in [2.45, 2.75) is 23.9 Å². The second-order valence-electron chi connectivity index (χ2n) is 3.85. The van der Waals surface area contributed by atoms with Gasteiger partial charge in [0.15, 0.2) is 0 Å². The van der Waals surface area contributed by atoms with Crippen molar-refractivity contribution in [2.75, 3.05) is 5.73 Å². The third kappa shape index (κ3) is 2.27. The normalized spacial score (nSPS) is 16.9. The van der Waals surface area contributed by atoms with Crippen LogP contribution in [0.4, 0.5) is 45.2 Å². The zero-order valence-electron chi connectivity index (χ0n) is 9.29. The smallest absolute Gasteiger partial charge is 0.399 e. The summed E-state index contributed by atoms with van der Waals surface area (Å²) in [4.78, 5) is 0.